The summed E-state index contributed by atoms with van der Waals surface area (Å²) in [6, 6.07) is 10.4. The molecule has 2 saturated heterocycles. The number of amides is 3. The zero-order chi connectivity index (χ0) is 25.9. The first-order valence-electron chi connectivity index (χ1n) is 11.1. The Hall–Kier alpha value is -2.83. The second-order valence-electron chi connectivity index (χ2n) is 8.11. The fraction of sp³-hybridized carbons (Fsp3) is 0.292. The van der Waals surface area contributed by atoms with Gasteiger partial charge in [0.1, 0.15) is 17.2 Å². The molecule has 0 saturated carbocycles. The Morgan fingerprint density at radius 1 is 1.08 bits per heavy atom. The summed E-state index contributed by atoms with van der Waals surface area (Å²) < 4.78 is 35.9. The molecule has 12 heteroatoms. The molecule has 2 aliphatic rings. The number of carbonyl (C=O) groups is 3. The predicted octanol–water partition coefficient (Wildman–Crippen LogP) is 4.27. The monoisotopic (exact) mass is 594 g/mol. The van der Waals surface area contributed by atoms with Gasteiger partial charge >= 0.3 is 10.1 Å². The number of halogens is 1. The van der Waals surface area contributed by atoms with Crippen LogP contribution in [0.15, 0.2) is 56.7 Å². The van der Waals surface area contributed by atoms with E-state index in [1.807, 2.05) is 0 Å². The summed E-state index contributed by atoms with van der Waals surface area (Å²) in [6.45, 7) is 1.00. The molecule has 2 aliphatic heterocycles. The number of likely N-dealkylation sites (tertiary alicyclic amines) is 1. The first kappa shape index (κ1) is 26.2. The van der Waals surface area contributed by atoms with Gasteiger partial charge in [-0.15, -0.1) is 0 Å². The van der Waals surface area contributed by atoms with Gasteiger partial charge in [0, 0.05) is 13.1 Å². The second kappa shape index (κ2) is 11.1. The highest BCUT2D eigenvalue weighted by Crippen LogP contribution is 2.34. The molecule has 3 amide bonds. The quantitative estimate of drug-likeness (QED) is 0.345. The first-order valence-corrected chi connectivity index (χ1v) is 14.1. The second-order valence-corrected chi connectivity index (χ2v) is 11.5. The number of ether oxygens (including phenoxy) is 1. The summed E-state index contributed by atoms with van der Waals surface area (Å²) in [5.41, 5.74) is 0.545. The average molecular weight is 595 g/mol. The molecule has 0 N–H and O–H groups in total. The van der Waals surface area contributed by atoms with Crippen LogP contribution >= 0.6 is 27.7 Å². The summed E-state index contributed by atoms with van der Waals surface area (Å²) in [5.74, 6) is -0.197. The summed E-state index contributed by atoms with van der Waals surface area (Å²) >= 11 is 4.06. The lowest BCUT2D eigenvalue weighted by atomic mass is 10.1. The molecule has 2 fully saturated rings. The van der Waals surface area contributed by atoms with Gasteiger partial charge in [-0.2, -0.15) is 8.42 Å². The van der Waals surface area contributed by atoms with E-state index in [1.54, 1.807) is 17.0 Å². The molecule has 4 rings (SSSR count). The fourth-order valence-electron chi connectivity index (χ4n) is 3.75. The highest BCUT2D eigenvalue weighted by molar-refractivity contribution is 9.10. The molecule has 2 heterocycles. The molecule has 0 unspecified atom stereocenters. The number of benzene rings is 2. The zero-order valence-corrected chi connectivity index (χ0v) is 22.5. The van der Waals surface area contributed by atoms with Crippen molar-refractivity contribution in [2.75, 3.05) is 26.7 Å². The third-order valence-corrected chi connectivity index (χ3v) is 8.45. The Morgan fingerprint density at radius 3 is 2.42 bits per heavy atom. The number of hydrogen-bond acceptors (Lipinski definition) is 8. The van der Waals surface area contributed by atoms with E-state index in [2.05, 4.69) is 15.9 Å². The summed E-state index contributed by atoms with van der Waals surface area (Å²) in [6.07, 6.45) is 4.43. The number of thioether (sulfide) groups is 1. The van der Waals surface area contributed by atoms with Crippen molar-refractivity contribution < 1.29 is 31.7 Å². The van der Waals surface area contributed by atoms with E-state index in [0.717, 1.165) is 35.9 Å². The highest BCUT2D eigenvalue weighted by atomic mass is 79.9. The zero-order valence-electron chi connectivity index (χ0n) is 19.3. The maximum atomic E-state index is 12.8. The molecule has 0 atom stereocenters. The van der Waals surface area contributed by atoms with Gasteiger partial charge in [-0.3, -0.25) is 19.3 Å². The van der Waals surface area contributed by atoms with E-state index < -0.39 is 21.3 Å². The van der Waals surface area contributed by atoms with Crippen LogP contribution in [0.3, 0.4) is 0 Å². The van der Waals surface area contributed by atoms with E-state index in [-0.39, 0.29) is 28.0 Å². The van der Waals surface area contributed by atoms with Crippen LogP contribution in [0.2, 0.25) is 0 Å². The predicted molar refractivity (Wildman–Crippen MR) is 138 cm³/mol. The molecule has 0 radical (unpaired) electrons. The van der Waals surface area contributed by atoms with Crippen molar-refractivity contribution in [2.45, 2.75) is 24.2 Å². The fourth-order valence-corrected chi connectivity index (χ4v) is 6.12. The van der Waals surface area contributed by atoms with Gasteiger partial charge in [-0.1, -0.05) is 6.07 Å². The maximum Gasteiger partial charge on any atom is 0.339 e. The van der Waals surface area contributed by atoms with E-state index in [1.165, 1.54) is 43.5 Å². The van der Waals surface area contributed by atoms with Crippen LogP contribution in [0.4, 0.5) is 4.79 Å². The van der Waals surface area contributed by atoms with E-state index in [4.69, 9.17) is 8.92 Å². The third kappa shape index (κ3) is 5.93. The Labute approximate surface area is 221 Å². The van der Waals surface area contributed by atoms with Gasteiger partial charge < -0.3 is 13.8 Å². The number of rotatable bonds is 7. The van der Waals surface area contributed by atoms with Crippen molar-refractivity contribution in [1.29, 1.82) is 0 Å². The van der Waals surface area contributed by atoms with Crippen LogP contribution in [0, 0.1) is 0 Å². The minimum atomic E-state index is -4.09. The van der Waals surface area contributed by atoms with Crippen molar-refractivity contribution in [2.24, 2.45) is 0 Å². The van der Waals surface area contributed by atoms with Crippen molar-refractivity contribution in [1.82, 2.24) is 9.80 Å². The third-order valence-electron chi connectivity index (χ3n) is 5.68. The Morgan fingerprint density at radius 2 is 1.78 bits per heavy atom. The van der Waals surface area contributed by atoms with Gasteiger partial charge in [-0.05, 0) is 95.0 Å². The maximum absolute atomic E-state index is 12.8. The van der Waals surface area contributed by atoms with Crippen LogP contribution < -0.4 is 8.92 Å². The largest absolute Gasteiger partial charge is 0.497 e. The number of hydrogen-bond donors (Lipinski definition) is 0. The molecule has 0 aliphatic carbocycles. The minimum Gasteiger partial charge on any atom is -0.497 e. The average Bonchev–Trinajstić information content (AvgIpc) is 3.13. The summed E-state index contributed by atoms with van der Waals surface area (Å²) in [4.78, 5) is 40.5. The van der Waals surface area contributed by atoms with Crippen LogP contribution in [-0.4, -0.2) is 62.0 Å². The Balaban J connectivity index is 1.45. The van der Waals surface area contributed by atoms with Gasteiger partial charge in [0.05, 0.1) is 16.5 Å². The molecule has 0 aromatic heterocycles. The van der Waals surface area contributed by atoms with Crippen molar-refractivity contribution in [3.05, 3.63) is 57.4 Å². The van der Waals surface area contributed by atoms with Crippen LogP contribution in [0.5, 0.6) is 11.5 Å². The minimum absolute atomic E-state index is 0.0351. The molecule has 36 heavy (non-hydrogen) atoms. The van der Waals surface area contributed by atoms with Crippen molar-refractivity contribution >= 4 is 60.9 Å². The van der Waals surface area contributed by atoms with Crippen LogP contribution in [-0.2, 0) is 19.7 Å². The first-order chi connectivity index (χ1) is 17.2. The van der Waals surface area contributed by atoms with Crippen LogP contribution in [0.1, 0.15) is 24.8 Å². The number of nitrogens with zero attached hydrogens (tertiary/aromatic N) is 2. The van der Waals surface area contributed by atoms with Crippen molar-refractivity contribution in [3.63, 3.8) is 0 Å². The van der Waals surface area contributed by atoms with Gasteiger partial charge in [0.2, 0.25) is 5.91 Å². The normalized spacial score (nSPS) is 17.6. The lowest BCUT2D eigenvalue weighted by molar-refractivity contribution is -0.136. The molecule has 190 valence electrons. The number of carbonyl (C=O) groups excluding carboxylic acids is 3. The van der Waals surface area contributed by atoms with Gasteiger partial charge in [0.25, 0.3) is 11.1 Å². The van der Waals surface area contributed by atoms with E-state index in [9.17, 15) is 22.8 Å². The SMILES string of the molecule is COc1ccc(S(=O)(=O)Oc2ccc(/C=C3\SC(=O)N(CC(=O)N4CCCCC4)C3=O)cc2Br)cc1. The van der Waals surface area contributed by atoms with E-state index >= 15 is 0 Å². The topological polar surface area (TPSA) is 110 Å². The molecular weight excluding hydrogens is 572 g/mol. The molecule has 0 spiro atoms. The summed E-state index contributed by atoms with van der Waals surface area (Å²) in [5, 5.41) is -0.499. The van der Waals surface area contributed by atoms with E-state index in [0.29, 0.717) is 28.9 Å². The van der Waals surface area contributed by atoms with Crippen molar-refractivity contribution in [3.8, 4) is 11.5 Å². The molecular formula is C24H23BrN2O7S2. The molecule has 0 bridgehead atoms. The summed E-state index contributed by atoms with van der Waals surface area (Å²) in [7, 11) is -2.61. The van der Waals surface area contributed by atoms with Gasteiger partial charge in [-0.25, -0.2) is 0 Å². The van der Waals surface area contributed by atoms with Gasteiger partial charge in [0.15, 0.2) is 5.75 Å². The number of piperidine rings is 1. The molecule has 2 aromatic rings. The number of imide groups is 1. The Kier molecular flexibility index (Phi) is 8.06. The lowest BCUT2D eigenvalue weighted by Gasteiger charge is -2.27. The lowest BCUT2D eigenvalue weighted by Crippen LogP contribution is -2.44. The molecule has 9 nitrogen and oxygen atoms in total. The standard InChI is InChI=1S/C24H23BrN2O7S2/c1-33-17-6-8-18(9-7-17)36(31,32)34-20-10-5-16(13-19(20)25)14-21-23(29)27(24(30)35-21)15-22(28)26-11-3-2-4-12-26/h5-10,13-14H,2-4,11-12,15H2,1H3/b21-14-. The van der Waals surface area contributed by atoms with Crippen LogP contribution in [0.25, 0.3) is 6.08 Å². The smallest absolute Gasteiger partial charge is 0.339 e. The molecule has 2 aromatic carbocycles. The Bertz CT molecular complexity index is 1320. The number of methoxy groups -OCH3 is 1. The highest BCUT2D eigenvalue weighted by Gasteiger charge is 2.37.